The van der Waals surface area contributed by atoms with Gasteiger partial charge in [-0.15, -0.1) is 0 Å². The second kappa shape index (κ2) is 13.4. The highest BCUT2D eigenvalue weighted by atomic mass is 31.2. The number of nitrogens with one attached hydrogen (secondary N) is 2. The van der Waals surface area contributed by atoms with E-state index in [1.165, 1.54) is 31.2 Å². The second-order valence-corrected chi connectivity index (χ2v) is 13.1. The number of rotatable bonds is 11. The lowest BCUT2D eigenvalue weighted by molar-refractivity contribution is -0.149. The number of ether oxygens (including phenoxy) is 2. The first kappa shape index (κ1) is 33.9. The number of fused-ring (bicyclic) bond motifs is 1. The normalized spacial score (nSPS) is 23.0. The van der Waals surface area contributed by atoms with Crippen molar-refractivity contribution in [3.63, 3.8) is 0 Å². The van der Waals surface area contributed by atoms with Crippen LogP contribution in [0.5, 0.6) is 5.75 Å². The van der Waals surface area contributed by atoms with E-state index >= 15 is 4.39 Å². The van der Waals surface area contributed by atoms with Crippen LogP contribution in [0.25, 0.3) is 22.3 Å². The quantitative estimate of drug-likeness (QED) is 0.156. The molecule has 1 unspecified atom stereocenters. The number of alkyl halides is 1. The van der Waals surface area contributed by atoms with Crippen molar-refractivity contribution in [3.05, 3.63) is 97.9 Å². The van der Waals surface area contributed by atoms with E-state index in [-0.39, 0.29) is 16.7 Å². The smallest absolute Gasteiger partial charge is 0.459 e. The average Bonchev–Trinajstić information content (AvgIpc) is 3.23. The van der Waals surface area contributed by atoms with Crippen LogP contribution in [-0.2, 0) is 23.4 Å². The molecule has 0 spiro atoms. The molecule has 14 nitrogen and oxygen atoms in total. The van der Waals surface area contributed by atoms with Crippen molar-refractivity contribution < 1.29 is 41.8 Å². The van der Waals surface area contributed by atoms with Gasteiger partial charge < -0.3 is 23.5 Å². The standard InChI is InChI=1S/C31H33FN3O11P/c1-17(2)43-28(39)18(3)34-47(41,42-16-25-27(38)31(4,32)29(45-25)35-13-12-26(37)33-30(35)40)46-20-10-11-23-21(14-20)22(36)15-24(44-23)19-8-6-5-7-9-19/h5-15,17-18,25,27,29,38H,16H2,1-4H3,(H,34,41)(H,33,37,40)/t18-,25+,27+,29+,31+,47?/m0/s1. The summed E-state index contributed by atoms with van der Waals surface area (Å²) in [4.78, 5) is 51.4. The monoisotopic (exact) mass is 673 g/mol. The van der Waals surface area contributed by atoms with Gasteiger partial charge in [0.2, 0.25) is 0 Å². The van der Waals surface area contributed by atoms with Crippen molar-refractivity contribution in [2.45, 2.75) is 63.9 Å². The number of aromatic amines is 1. The van der Waals surface area contributed by atoms with Crippen molar-refractivity contribution >= 4 is 24.7 Å². The number of aromatic nitrogens is 2. The lowest BCUT2D eigenvalue weighted by Gasteiger charge is -2.25. The summed E-state index contributed by atoms with van der Waals surface area (Å²) in [6.07, 6.45) is -4.57. The molecule has 47 heavy (non-hydrogen) atoms. The third-order valence-corrected chi connectivity index (χ3v) is 8.91. The molecule has 4 aromatic rings. The van der Waals surface area contributed by atoms with Crippen LogP contribution in [0.1, 0.15) is 33.9 Å². The summed E-state index contributed by atoms with van der Waals surface area (Å²) >= 11 is 0. The van der Waals surface area contributed by atoms with Gasteiger partial charge in [0.1, 0.15) is 35.3 Å². The number of carbonyl (C=O) groups excluding carboxylic acids is 1. The fourth-order valence-electron chi connectivity index (χ4n) is 4.92. The molecule has 6 atom stereocenters. The predicted octanol–water partition coefficient (Wildman–Crippen LogP) is 3.43. The molecule has 0 aliphatic carbocycles. The van der Waals surface area contributed by atoms with Crippen LogP contribution in [0.15, 0.2) is 85.7 Å². The largest absolute Gasteiger partial charge is 0.462 e. The SMILES string of the molecule is CC(C)OC(=O)[C@H](C)NP(=O)(OC[C@H]1O[C@@H](n2ccc(=O)[nH]c2=O)[C@](C)(F)[C@@H]1O)Oc1ccc2oc(-c3ccccc3)cc(=O)c2c1. The molecule has 2 aromatic heterocycles. The Labute approximate surface area is 266 Å². The van der Waals surface area contributed by atoms with Crippen LogP contribution in [-0.4, -0.2) is 57.3 Å². The molecule has 0 radical (unpaired) electrons. The minimum Gasteiger partial charge on any atom is -0.462 e. The highest BCUT2D eigenvalue weighted by Gasteiger charge is 2.56. The number of H-pyrrole nitrogens is 1. The number of benzene rings is 2. The zero-order valence-electron chi connectivity index (χ0n) is 25.7. The Balaban J connectivity index is 1.41. The fourth-order valence-corrected chi connectivity index (χ4v) is 6.42. The Morgan fingerprint density at radius 3 is 2.53 bits per heavy atom. The molecule has 1 fully saturated rings. The number of nitrogens with zero attached hydrogens (tertiary/aromatic N) is 1. The summed E-state index contributed by atoms with van der Waals surface area (Å²) in [6.45, 7) is 4.84. The van der Waals surface area contributed by atoms with Gasteiger partial charge in [-0.25, -0.2) is 13.8 Å². The van der Waals surface area contributed by atoms with Gasteiger partial charge in [0.15, 0.2) is 17.3 Å². The van der Waals surface area contributed by atoms with Crippen molar-refractivity contribution in [2.24, 2.45) is 0 Å². The number of hydrogen-bond donors (Lipinski definition) is 3. The van der Waals surface area contributed by atoms with Gasteiger partial charge in [0.25, 0.3) is 5.56 Å². The van der Waals surface area contributed by atoms with Crippen molar-refractivity contribution in [1.82, 2.24) is 14.6 Å². The summed E-state index contributed by atoms with van der Waals surface area (Å²) < 4.78 is 58.6. The second-order valence-electron chi connectivity index (χ2n) is 11.4. The van der Waals surface area contributed by atoms with Gasteiger partial charge in [0, 0.05) is 23.9 Å². The predicted molar refractivity (Wildman–Crippen MR) is 167 cm³/mol. The van der Waals surface area contributed by atoms with Gasteiger partial charge in [-0.3, -0.25) is 28.5 Å². The minimum atomic E-state index is -4.59. The molecule has 16 heteroatoms. The molecule has 3 heterocycles. The summed E-state index contributed by atoms with van der Waals surface area (Å²) in [5.41, 5.74) is -3.78. The first-order chi connectivity index (χ1) is 22.2. The zero-order valence-corrected chi connectivity index (χ0v) is 26.6. The van der Waals surface area contributed by atoms with Gasteiger partial charge in [-0.1, -0.05) is 30.3 Å². The van der Waals surface area contributed by atoms with Crippen LogP contribution in [0.4, 0.5) is 4.39 Å². The maximum atomic E-state index is 15.7. The van der Waals surface area contributed by atoms with Crippen LogP contribution in [0.3, 0.4) is 0 Å². The van der Waals surface area contributed by atoms with Crippen LogP contribution < -0.4 is 26.3 Å². The molecule has 1 aliphatic rings. The summed E-state index contributed by atoms with van der Waals surface area (Å²) in [5.74, 6) is -0.563. The molecule has 2 aromatic carbocycles. The van der Waals surface area contributed by atoms with Crippen LogP contribution >= 0.6 is 7.75 Å². The Morgan fingerprint density at radius 2 is 1.85 bits per heavy atom. The molecular weight excluding hydrogens is 640 g/mol. The molecular formula is C31H33FN3O11P. The number of aliphatic hydroxyl groups excluding tert-OH is 1. The summed E-state index contributed by atoms with van der Waals surface area (Å²) in [6, 6.07) is 14.1. The van der Waals surface area contributed by atoms with E-state index in [9.17, 15) is 28.8 Å². The molecule has 1 saturated heterocycles. The molecule has 1 aliphatic heterocycles. The number of halogens is 1. The van der Waals surface area contributed by atoms with Crippen molar-refractivity contribution in [3.8, 4) is 17.1 Å². The van der Waals surface area contributed by atoms with E-state index in [1.54, 1.807) is 38.1 Å². The zero-order chi connectivity index (χ0) is 34.1. The fraction of sp³-hybridized carbons (Fsp3) is 0.355. The highest BCUT2D eigenvalue weighted by Crippen LogP contribution is 2.48. The van der Waals surface area contributed by atoms with E-state index in [2.05, 4.69) is 5.09 Å². The van der Waals surface area contributed by atoms with E-state index in [0.29, 0.717) is 11.3 Å². The number of aliphatic hydroxyl groups is 1. The maximum absolute atomic E-state index is 15.7. The van der Waals surface area contributed by atoms with Crippen LogP contribution in [0, 0.1) is 0 Å². The third kappa shape index (κ3) is 7.45. The van der Waals surface area contributed by atoms with Crippen LogP contribution in [0.2, 0.25) is 0 Å². The Kier molecular flexibility index (Phi) is 9.66. The number of carbonyl (C=O) groups is 1. The highest BCUT2D eigenvalue weighted by molar-refractivity contribution is 7.52. The average molecular weight is 674 g/mol. The Hall–Kier alpha value is -4.40. The molecule has 0 bridgehead atoms. The first-order valence-electron chi connectivity index (χ1n) is 14.6. The van der Waals surface area contributed by atoms with Gasteiger partial charge in [-0.2, -0.15) is 5.09 Å². The molecule has 5 rings (SSSR count). The molecule has 0 saturated carbocycles. The topological polar surface area (TPSA) is 188 Å². The molecule has 250 valence electrons. The van der Waals surface area contributed by atoms with E-state index in [0.717, 1.165) is 23.8 Å². The van der Waals surface area contributed by atoms with Crippen molar-refractivity contribution in [1.29, 1.82) is 0 Å². The van der Waals surface area contributed by atoms with E-state index in [4.69, 9.17) is 22.9 Å². The molecule has 3 N–H and O–H groups in total. The number of hydrogen-bond acceptors (Lipinski definition) is 11. The molecule has 0 amide bonds. The summed E-state index contributed by atoms with van der Waals surface area (Å²) in [5, 5.41) is 13.3. The minimum absolute atomic E-state index is 0.0953. The Morgan fingerprint density at radius 1 is 1.13 bits per heavy atom. The van der Waals surface area contributed by atoms with Gasteiger partial charge in [-0.05, 0) is 45.9 Å². The van der Waals surface area contributed by atoms with E-state index in [1.807, 2.05) is 11.1 Å². The van der Waals surface area contributed by atoms with E-state index < -0.39 is 73.3 Å². The lowest BCUT2D eigenvalue weighted by atomic mass is 9.98. The van der Waals surface area contributed by atoms with Gasteiger partial charge >= 0.3 is 19.4 Å². The lowest BCUT2D eigenvalue weighted by Crippen LogP contribution is -2.43. The first-order valence-corrected chi connectivity index (χ1v) is 16.1. The Bertz CT molecular complexity index is 1990. The third-order valence-electron chi connectivity index (χ3n) is 7.27. The summed E-state index contributed by atoms with van der Waals surface area (Å²) in [7, 11) is -4.59. The number of esters is 1. The van der Waals surface area contributed by atoms with Crippen molar-refractivity contribution in [2.75, 3.05) is 6.61 Å². The van der Waals surface area contributed by atoms with Gasteiger partial charge in [0.05, 0.1) is 18.1 Å². The maximum Gasteiger partial charge on any atom is 0.459 e.